The highest BCUT2D eigenvalue weighted by molar-refractivity contribution is 4.68. The van der Waals surface area contributed by atoms with Crippen molar-refractivity contribution in [2.75, 3.05) is 26.4 Å². The Morgan fingerprint density at radius 2 is 0.879 bits per heavy atom. The molecule has 0 aliphatic heterocycles. The van der Waals surface area contributed by atoms with E-state index < -0.39 is 30.5 Å². The van der Waals surface area contributed by atoms with Crippen molar-refractivity contribution in [1.29, 1.82) is 0 Å². The van der Waals surface area contributed by atoms with Gasteiger partial charge < -0.3 is 46.0 Å². The van der Waals surface area contributed by atoms with E-state index in [1.54, 1.807) is 27.7 Å². The van der Waals surface area contributed by atoms with Gasteiger partial charge >= 0.3 is 0 Å². The van der Waals surface area contributed by atoms with E-state index in [2.05, 4.69) is 13.8 Å². The fraction of sp³-hybridized carbons (Fsp3) is 1.00. The molecule has 9 heteroatoms. The molecule has 0 aromatic carbocycles. The van der Waals surface area contributed by atoms with Crippen molar-refractivity contribution < 1.29 is 46.0 Å². The fourth-order valence-corrected chi connectivity index (χ4v) is 1.70. The molecule has 206 valence electrons. The van der Waals surface area contributed by atoms with Crippen LogP contribution in [0.4, 0.5) is 0 Å². The fourth-order valence-electron chi connectivity index (χ4n) is 1.70. The maximum atomic E-state index is 8.98. The van der Waals surface area contributed by atoms with Crippen LogP contribution in [-0.2, 0) is 0 Å². The molecule has 9 nitrogen and oxygen atoms in total. The first kappa shape index (κ1) is 39.8. The van der Waals surface area contributed by atoms with Crippen LogP contribution in [-0.4, -0.2) is 103 Å². The lowest BCUT2D eigenvalue weighted by Crippen LogP contribution is -2.33. The predicted octanol–water partition coefficient (Wildman–Crippen LogP) is 0.370. The highest BCUT2D eigenvalue weighted by Crippen LogP contribution is 2.08. The number of rotatable bonds is 11. The number of aliphatic hydroxyl groups is 9. The topological polar surface area (TPSA) is 182 Å². The molecule has 33 heavy (non-hydrogen) atoms. The standard InChI is InChI=1S/2C6H14O3.C6H14O2.C6H14O/c1-4(5(2)8)6(9)3-7;1-4(2)6(9)5(8)3-7;1-3-5(2)6(8)4-7;1-5(2)6(3)4-7/h2*4-9H,3H2,1-2H3;5-8H,3-4H2,1-2H3;5-7H,4H2,1-3H3. The summed E-state index contributed by atoms with van der Waals surface area (Å²) in [4.78, 5) is 0. The Labute approximate surface area is 201 Å². The van der Waals surface area contributed by atoms with Gasteiger partial charge in [-0.2, -0.15) is 0 Å². The molecular formula is C24H56O9. The lowest BCUT2D eigenvalue weighted by atomic mass is 10.00. The maximum Gasteiger partial charge on any atom is 0.103 e. The van der Waals surface area contributed by atoms with Crippen LogP contribution in [0.2, 0.25) is 0 Å². The number of aliphatic hydroxyl groups excluding tert-OH is 9. The molecule has 0 spiro atoms. The lowest BCUT2D eigenvalue weighted by molar-refractivity contribution is -0.0356. The first-order valence-electron chi connectivity index (χ1n) is 11.9. The van der Waals surface area contributed by atoms with Crippen molar-refractivity contribution in [1.82, 2.24) is 0 Å². The van der Waals surface area contributed by atoms with Crippen LogP contribution in [0.15, 0.2) is 0 Å². The highest BCUT2D eigenvalue weighted by atomic mass is 16.4. The summed E-state index contributed by atoms with van der Waals surface area (Å²) in [5, 5.41) is 78.0. The zero-order chi connectivity index (χ0) is 27.3. The molecule has 0 rings (SSSR count). The zero-order valence-electron chi connectivity index (χ0n) is 22.3. The Bertz CT molecular complexity index is 353. The molecule has 0 saturated carbocycles. The average molecular weight is 489 g/mol. The molecule has 0 aliphatic rings. The molecule has 0 amide bonds. The molecular weight excluding hydrogens is 432 g/mol. The van der Waals surface area contributed by atoms with Crippen LogP contribution >= 0.6 is 0 Å². The van der Waals surface area contributed by atoms with Crippen molar-refractivity contribution in [2.45, 2.75) is 99.3 Å². The predicted molar refractivity (Wildman–Crippen MR) is 132 cm³/mol. The monoisotopic (exact) mass is 488 g/mol. The summed E-state index contributed by atoms with van der Waals surface area (Å²) >= 11 is 0. The Balaban J connectivity index is -0.000000171. The van der Waals surface area contributed by atoms with Crippen LogP contribution in [0.25, 0.3) is 0 Å². The van der Waals surface area contributed by atoms with Gasteiger partial charge in [0.25, 0.3) is 0 Å². The van der Waals surface area contributed by atoms with Crippen molar-refractivity contribution in [3.8, 4) is 0 Å². The maximum absolute atomic E-state index is 8.98. The van der Waals surface area contributed by atoms with Gasteiger partial charge in [0.15, 0.2) is 0 Å². The summed E-state index contributed by atoms with van der Waals surface area (Å²) < 4.78 is 0. The van der Waals surface area contributed by atoms with E-state index in [0.29, 0.717) is 18.4 Å². The summed E-state index contributed by atoms with van der Waals surface area (Å²) in [7, 11) is 0. The van der Waals surface area contributed by atoms with Gasteiger partial charge in [-0.1, -0.05) is 61.8 Å². The van der Waals surface area contributed by atoms with Crippen LogP contribution in [0.1, 0.15) is 68.7 Å². The minimum Gasteiger partial charge on any atom is -0.396 e. The van der Waals surface area contributed by atoms with Gasteiger partial charge in [0.1, 0.15) is 6.10 Å². The van der Waals surface area contributed by atoms with Crippen molar-refractivity contribution in [3.63, 3.8) is 0 Å². The molecule has 0 saturated heterocycles. The van der Waals surface area contributed by atoms with Crippen molar-refractivity contribution in [3.05, 3.63) is 0 Å². The Kier molecular flexibility index (Phi) is 29.9. The van der Waals surface area contributed by atoms with Crippen molar-refractivity contribution >= 4 is 0 Å². The van der Waals surface area contributed by atoms with Gasteiger partial charge in [0, 0.05) is 12.5 Å². The van der Waals surface area contributed by atoms with E-state index >= 15 is 0 Å². The Morgan fingerprint density at radius 3 is 0.970 bits per heavy atom. The third-order valence-electron chi connectivity index (χ3n) is 5.73. The summed E-state index contributed by atoms with van der Waals surface area (Å²) in [6.45, 7) is 16.6. The normalized spacial score (nSPS) is 18.2. The second-order valence-corrected chi connectivity index (χ2v) is 9.37. The van der Waals surface area contributed by atoms with E-state index in [0.717, 1.165) is 6.42 Å². The van der Waals surface area contributed by atoms with E-state index in [4.69, 9.17) is 46.0 Å². The van der Waals surface area contributed by atoms with E-state index in [1.807, 2.05) is 20.8 Å². The molecule has 0 heterocycles. The zero-order valence-corrected chi connectivity index (χ0v) is 22.3. The number of hydrogen-bond donors (Lipinski definition) is 9. The summed E-state index contributed by atoms with van der Waals surface area (Å²) in [6.07, 6.45) is -2.78. The van der Waals surface area contributed by atoms with Gasteiger partial charge in [0.05, 0.1) is 44.2 Å². The van der Waals surface area contributed by atoms with E-state index in [-0.39, 0.29) is 37.6 Å². The molecule has 0 fully saturated rings. The second kappa shape index (κ2) is 24.8. The Hall–Kier alpha value is -0.360. The second-order valence-electron chi connectivity index (χ2n) is 9.37. The third-order valence-corrected chi connectivity index (χ3v) is 5.73. The minimum atomic E-state index is -0.995. The van der Waals surface area contributed by atoms with Gasteiger partial charge in [0.2, 0.25) is 0 Å². The molecule has 0 aromatic heterocycles. The molecule has 0 radical (unpaired) electrons. The van der Waals surface area contributed by atoms with E-state index in [9.17, 15) is 0 Å². The van der Waals surface area contributed by atoms with Gasteiger partial charge in [-0.3, -0.25) is 0 Å². The molecule has 9 N–H and O–H groups in total. The average Bonchev–Trinajstić information content (AvgIpc) is 2.80. The summed E-state index contributed by atoms with van der Waals surface area (Å²) in [5.41, 5.74) is 0. The van der Waals surface area contributed by atoms with E-state index in [1.165, 1.54) is 0 Å². The quantitative estimate of drug-likeness (QED) is 0.198. The van der Waals surface area contributed by atoms with Gasteiger partial charge in [-0.25, -0.2) is 0 Å². The first-order chi connectivity index (χ1) is 15.1. The molecule has 8 atom stereocenters. The first-order valence-corrected chi connectivity index (χ1v) is 11.9. The Morgan fingerprint density at radius 1 is 0.485 bits per heavy atom. The minimum absolute atomic E-state index is 0.00727. The molecule has 0 aromatic rings. The smallest absolute Gasteiger partial charge is 0.103 e. The molecule has 0 aliphatic carbocycles. The summed E-state index contributed by atoms with van der Waals surface area (Å²) in [6, 6.07) is 0. The van der Waals surface area contributed by atoms with Crippen LogP contribution in [0.3, 0.4) is 0 Å². The SMILES string of the molecule is CC(C)C(C)CO.CC(C)C(O)C(O)CO.CC(O)C(C)C(O)CO.CCC(C)C(O)CO. The highest BCUT2D eigenvalue weighted by Gasteiger charge is 2.18. The van der Waals surface area contributed by atoms with Crippen LogP contribution < -0.4 is 0 Å². The molecule has 8 unspecified atom stereocenters. The van der Waals surface area contributed by atoms with Crippen LogP contribution in [0, 0.1) is 29.6 Å². The van der Waals surface area contributed by atoms with Gasteiger partial charge in [-0.15, -0.1) is 0 Å². The summed E-state index contributed by atoms with van der Waals surface area (Å²) in [5.74, 6) is 1.03. The number of hydrogen-bond acceptors (Lipinski definition) is 9. The van der Waals surface area contributed by atoms with Gasteiger partial charge in [-0.05, 0) is 30.6 Å². The lowest BCUT2D eigenvalue weighted by Gasteiger charge is -2.18. The largest absolute Gasteiger partial charge is 0.396 e. The molecule has 0 bridgehead atoms. The van der Waals surface area contributed by atoms with Crippen LogP contribution in [0.5, 0.6) is 0 Å². The third kappa shape index (κ3) is 24.6. The van der Waals surface area contributed by atoms with Crippen molar-refractivity contribution in [2.24, 2.45) is 29.6 Å².